The van der Waals surface area contributed by atoms with E-state index in [2.05, 4.69) is 25.8 Å². The summed E-state index contributed by atoms with van der Waals surface area (Å²) in [4.78, 5) is 4.48. The Bertz CT molecular complexity index is 385. The second-order valence-electron chi connectivity index (χ2n) is 5.24. The van der Waals surface area contributed by atoms with E-state index in [9.17, 15) is 0 Å². The van der Waals surface area contributed by atoms with Crippen LogP contribution < -0.4 is 5.73 Å². The SMILES string of the molecule is CC(C)(C)CCOCc1cccnc1C(N)=S. The standard InChI is InChI=1S/C13H20N2OS/c1-13(2,3)6-8-16-9-10-5-4-7-15-11(10)12(14)17/h4-5,7H,6,8-9H2,1-3H3,(H2,14,17). The summed E-state index contributed by atoms with van der Waals surface area (Å²) in [6.45, 7) is 7.83. The summed E-state index contributed by atoms with van der Waals surface area (Å²) in [6, 6.07) is 3.81. The number of pyridine rings is 1. The zero-order chi connectivity index (χ0) is 12.9. The lowest BCUT2D eigenvalue weighted by Gasteiger charge is -2.17. The quantitative estimate of drug-likeness (QED) is 0.646. The fourth-order valence-corrected chi connectivity index (χ4v) is 1.52. The van der Waals surface area contributed by atoms with Crippen molar-refractivity contribution >= 4 is 17.2 Å². The van der Waals surface area contributed by atoms with Gasteiger partial charge in [-0.25, -0.2) is 0 Å². The van der Waals surface area contributed by atoms with Gasteiger partial charge in [0.05, 0.1) is 6.61 Å². The lowest BCUT2D eigenvalue weighted by Crippen LogP contribution is -2.15. The van der Waals surface area contributed by atoms with Gasteiger partial charge in [0.15, 0.2) is 0 Å². The van der Waals surface area contributed by atoms with E-state index in [0.29, 0.717) is 22.7 Å². The van der Waals surface area contributed by atoms with Crippen LogP contribution in [0.3, 0.4) is 0 Å². The molecule has 94 valence electrons. The minimum Gasteiger partial charge on any atom is -0.388 e. The third kappa shape index (κ3) is 5.24. The summed E-state index contributed by atoms with van der Waals surface area (Å²) in [6.07, 6.45) is 2.71. The maximum absolute atomic E-state index is 5.63. The smallest absolute Gasteiger partial charge is 0.123 e. The highest BCUT2D eigenvalue weighted by Gasteiger charge is 2.10. The molecule has 0 aliphatic rings. The molecule has 0 spiro atoms. The fourth-order valence-electron chi connectivity index (χ4n) is 1.34. The van der Waals surface area contributed by atoms with Gasteiger partial charge in [0.2, 0.25) is 0 Å². The van der Waals surface area contributed by atoms with Gasteiger partial charge < -0.3 is 10.5 Å². The number of ether oxygens (including phenoxy) is 1. The number of hydrogen-bond acceptors (Lipinski definition) is 3. The van der Waals surface area contributed by atoms with Crippen LogP contribution in [0.1, 0.15) is 38.4 Å². The van der Waals surface area contributed by atoms with Gasteiger partial charge in [-0.15, -0.1) is 0 Å². The number of nitrogens with zero attached hydrogens (tertiary/aromatic N) is 1. The molecular formula is C13H20N2OS. The molecule has 0 aliphatic heterocycles. The molecule has 0 amide bonds. The summed E-state index contributed by atoms with van der Waals surface area (Å²) in [5, 5.41) is 0. The second-order valence-corrected chi connectivity index (χ2v) is 5.68. The lowest BCUT2D eigenvalue weighted by molar-refractivity contribution is 0.0960. The van der Waals surface area contributed by atoms with Crippen molar-refractivity contribution in [3.05, 3.63) is 29.6 Å². The molecule has 1 rings (SSSR count). The van der Waals surface area contributed by atoms with E-state index in [4.69, 9.17) is 22.7 Å². The Kier molecular flexibility index (Phi) is 5.02. The van der Waals surface area contributed by atoms with Crippen LogP contribution in [-0.4, -0.2) is 16.6 Å². The summed E-state index contributed by atoms with van der Waals surface area (Å²) >= 11 is 4.95. The minimum absolute atomic E-state index is 0.293. The number of hydrogen-bond donors (Lipinski definition) is 1. The van der Waals surface area contributed by atoms with Gasteiger partial charge in [-0.3, -0.25) is 4.98 Å². The van der Waals surface area contributed by atoms with E-state index in [0.717, 1.165) is 18.6 Å². The molecule has 0 radical (unpaired) electrons. The van der Waals surface area contributed by atoms with Crippen LogP contribution in [0.25, 0.3) is 0 Å². The van der Waals surface area contributed by atoms with Gasteiger partial charge in [0.1, 0.15) is 10.7 Å². The predicted octanol–water partition coefficient (Wildman–Crippen LogP) is 2.67. The largest absolute Gasteiger partial charge is 0.388 e. The fraction of sp³-hybridized carbons (Fsp3) is 0.538. The molecule has 0 atom stereocenters. The molecule has 0 unspecified atom stereocenters. The maximum atomic E-state index is 5.63. The van der Waals surface area contributed by atoms with Crippen LogP contribution in [0.2, 0.25) is 0 Å². The number of rotatable bonds is 5. The van der Waals surface area contributed by atoms with Crippen molar-refractivity contribution in [2.75, 3.05) is 6.61 Å². The van der Waals surface area contributed by atoms with Crippen LogP contribution in [0.15, 0.2) is 18.3 Å². The summed E-state index contributed by atoms with van der Waals surface area (Å²) in [5.41, 5.74) is 7.51. The number of aromatic nitrogens is 1. The predicted molar refractivity (Wildman–Crippen MR) is 73.9 cm³/mol. The molecule has 17 heavy (non-hydrogen) atoms. The normalized spacial score (nSPS) is 11.5. The minimum atomic E-state index is 0.293. The van der Waals surface area contributed by atoms with Crippen molar-refractivity contribution in [1.29, 1.82) is 0 Å². The number of nitrogens with two attached hydrogens (primary N) is 1. The Labute approximate surface area is 108 Å². The van der Waals surface area contributed by atoms with Crippen LogP contribution in [-0.2, 0) is 11.3 Å². The summed E-state index contributed by atoms with van der Waals surface area (Å²) < 4.78 is 5.63. The first-order chi connectivity index (χ1) is 7.90. The van der Waals surface area contributed by atoms with Gasteiger partial charge >= 0.3 is 0 Å². The van der Waals surface area contributed by atoms with E-state index < -0.39 is 0 Å². The van der Waals surface area contributed by atoms with Crippen LogP contribution >= 0.6 is 12.2 Å². The topological polar surface area (TPSA) is 48.1 Å². The van der Waals surface area contributed by atoms with E-state index in [-0.39, 0.29) is 0 Å². The Morgan fingerprint density at radius 2 is 2.18 bits per heavy atom. The van der Waals surface area contributed by atoms with Gasteiger partial charge in [0.25, 0.3) is 0 Å². The van der Waals surface area contributed by atoms with Crippen molar-refractivity contribution in [2.45, 2.75) is 33.8 Å². The first-order valence-electron chi connectivity index (χ1n) is 5.71. The lowest BCUT2D eigenvalue weighted by atomic mass is 9.93. The average molecular weight is 252 g/mol. The number of thiocarbonyl (C=S) groups is 1. The molecule has 1 aromatic rings. The Balaban J connectivity index is 2.49. The van der Waals surface area contributed by atoms with Gasteiger partial charge in [-0.1, -0.05) is 39.1 Å². The molecule has 0 bridgehead atoms. The third-order valence-corrected chi connectivity index (χ3v) is 2.57. The zero-order valence-corrected chi connectivity index (χ0v) is 11.5. The third-order valence-electron chi connectivity index (χ3n) is 2.38. The average Bonchev–Trinajstić information content (AvgIpc) is 2.23. The van der Waals surface area contributed by atoms with Crippen LogP contribution in [0.5, 0.6) is 0 Å². The van der Waals surface area contributed by atoms with Crippen molar-refractivity contribution in [3.63, 3.8) is 0 Å². The molecule has 1 aromatic heterocycles. The molecule has 4 heteroatoms. The van der Waals surface area contributed by atoms with Gasteiger partial charge in [-0.05, 0) is 17.9 Å². The van der Waals surface area contributed by atoms with Crippen LogP contribution in [0, 0.1) is 5.41 Å². The van der Waals surface area contributed by atoms with Gasteiger partial charge in [-0.2, -0.15) is 0 Å². The molecule has 2 N–H and O–H groups in total. The molecule has 3 nitrogen and oxygen atoms in total. The molecular weight excluding hydrogens is 232 g/mol. The van der Waals surface area contributed by atoms with Crippen molar-refractivity contribution in [2.24, 2.45) is 11.1 Å². The first-order valence-corrected chi connectivity index (χ1v) is 6.12. The van der Waals surface area contributed by atoms with Crippen molar-refractivity contribution < 1.29 is 4.74 Å². The molecule has 0 saturated carbocycles. The highest BCUT2D eigenvalue weighted by molar-refractivity contribution is 7.80. The van der Waals surface area contributed by atoms with Crippen molar-refractivity contribution in [3.8, 4) is 0 Å². The molecule has 1 heterocycles. The zero-order valence-electron chi connectivity index (χ0n) is 10.7. The molecule has 0 fully saturated rings. The summed E-state index contributed by atoms with van der Waals surface area (Å²) in [7, 11) is 0. The molecule has 0 aromatic carbocycles. The molecule has 0 aliphatic carbocycles. The second kappa shape index (κ2) is 6.07. The monoisotopic (exact) mass is 252 g/mol. The van der Waals surface area contributed by atoms with Gasteiger partial charge in [0, 0.05) is 18.4 Å². The van der Waals surface area contributed by atoms with Crippen molar-refractivity contribution in [1.82, 2.24) is 4.98 Å². The van der Waals surface area contributed by atoms with E-state index in [1.807, 2.05) is 12.1 Å². The van der Waals surface area contributed by atoms with Crippen LogP contribution in [0.4, 0.5) is 0 Å². The Morgan fingerprint density at radius 1 is 1.47 bits per heavy atom. The highest BCUT2D eigenvalue weighted by Crippen LogP contribution is 2.18. The summed E-state index contributed by atoms with van der Waals surface area (Å²) in [5.74, 6) is 0. The van der Waals surface area contributed by atoms with E-state index in [1.54, 1.807) is 6.20 Å². The Morgan fingerprint density at radius 3 is 2.76 bits per heavy atom. The molecule has 0 saturated heterocycles. The highest BCUT2D eigenvalue weighted by atomic mass is 32.1. The first kappa shape index (κ1) is 14.1. The van der Waals surface area contributed by atoms with E-state index >= 15 is 0 Å². The van der Waals surface area contributed by atoms with E-state index in [1.165, 1.54) is 0 Å². The Hall–Kier alpha value is -1.00. The maximum Gasteiger partial charge on any atom is 0.123 e.